The lowest BCUT2D eigenvalue weighted by Crippen LogP contribution is -2.40. The number of hydrogen-bond donors (Lipinski definition) is 0. The van der Waals surface area contributed by atoms with Crippen LogP contribution in [0.15, 0.2) is 6.20 Å². The number of likely N-dealkylation sites (tertiary alicyclic amines) is 1. The molecule has 0 bridgehead atoms. The Bertz CT molecular complexity index is 388. The van der Waals surface area contributed by atoms with Crippen LogP contribution in [-0.2, 0) is 4.79 Å². The van der Waals surface area contributed by atoms with Crippen molar-refractivity contribution in [2.75, 3.05) is 13.1 Å². The summed E-state index contributed by atoms with van der Waals surface area (Å²) in [6, 6.07) is 0.342. The molecule has 0 aromatic carbocycles. The molecule has 1 saturated heterocycles. The summed E-state index contributed by atoms with van der Waals surface area (Å²) < 4.78 is 0. The molecular weight excluding hydrogens is 220 g/mol. The fourth-order valence-electron chi connectivity index (χ4n) is 2.12. The van der Waals surface area contributed by atoms with Crippen molar-refractivity contribution in [1.82, 2.24) is 9.88 Å². The summed E-state index contributed by atoms with van der Waals surface area (Å²) in [5.41, 5.74) is 0. The van der Waals surface area contributed by atoms with Crippen molar-refractivity contribution in [2.45, 2.75) is 33.2 Å². The molecule has 4 heteroatoms. The first-order chi connectivity index (χ1) is 7.58. The lowest BCUT2D eigenvalue weighted by Gasteiger charge is -2.33. The molecule has 2 atom stereocenters. The SMILES string of the molecule is Cc1cnc(C(C)N2CCC(=O)C(C)C2)s1. The number of ketones is 1. The number of Topliss-reactive ketones (excluding diaryl/α,β-unsaturated/α-hetero) is 1. The van der Waals surface area contributed by atoms with Crippen LogP contribution in [-0.4, -0.2) is 28.8 Å². The Balaban J connectivity index is 2.05. The van der Waals surface area contributed by atoms with E-state index in [9.17, 15) is 4.79 Å². The molecule has 0 radical (unpaired) electrons. The molecule has 1 aliphatic rings. The van der Waals surface area contributed by atoms with Crippen molar-refractivity contribution in [3.8, 4) is 0 Å². The number of aromatic nitrogens is 1. The standard InChI is InChI=1S/C12H18N2OS/c1-8-7-14(5-4-11(8)15)10(3)12-13-6-9(2)16-12/h6,8,10H,4-5,7H2,1-3H3. The van der Waals surface area contributed by atoms with Gasteiger partial charge in [-0.25, -0.2) is 4.98 Å². The predicted octanol–water partition coefficient (Wildman–Crippen LogP) is 2.42. The quantitative estimate of drug-likeness (QED) is 0.793. The zero-order chi connectivity index (χ0) is 11.7. The van der Waals surface area contributed by atoms with Crippen LogP contribution in [0, 0.1) is 12.8 Å². The van der Waals surface area contributed by atoms with Crippen molar-refractivity contribution in [3.63, 3.8) is 0 Å². The zero-order valence-electron chi connectivity index (χ0n) is 10.1. The third-order valence-corrected chi connectivity index (χ3v) is 4.33. The van der Waals surface area contributed by atoms with E-state index in [1.54, 1.807) is 11.3 Å². The highest BCUT2D eigenvalue weighted by Crippen LogP contribution is 2.27. The molecule has 3 nitrogen and oxygen atoms in total. The lowest BCUT2D eigenvalue weighted by molar-refractivity contribution is -0.126. The van der Waals surface area contributed by atoms with Crippen LogP contribution in [0.5, 0.6) is 0 Å². The van der Waals surface area contributed by atoms with Gasteiger partial charge in [0.25, 0.3) is 0 Å². The summed E-state index contributed by atoms with van der Waals surface area (Å²) in [5.74, 6) is 0.580. The van der Waals surface area contributed by atoms with Gasteiger partial charge in [0.05, 0.1) is 6.04 Å². The number of carbonyl (C=O) groups excluding carboxylic acids is 1. The molecule has 88 valence electrons. The molecule has 1 aliphatic heterocycles. The van der Waals surface area contributed by atoms with E-state index in [0.29, 0.717) is 18.2 Å². The van der Waals surface area contributed by atoms with Gasteiger partial charge in [0.2, 0.25) is 0 Å². The third-order valence-electron chi connectivity index (χ3n) is 3.25. The van der Waals surface area contributed by atoms with E-state index in [1.165, 1.54) is 9.88 Å². The number of thiazole rings is 1. The summed E-state index contributed by atoms with van der Waals surface area (Å²) in [6.07, 6.45) is 2.62. The second-order valence-corrected chi connectivity index (χ2v) is 5.86. The van der Waals surface area contributed by atoms with Gasteiger partial charge in [-0.3, -0.25) is 9.69 Å². The number of carbonyl (C=O) groups is 1. The fraction of sp³-hybridized carbons (Fsp3) is 0.667. The molecular formula is C12H18N2OS. The summed E-state index contributed by atoms with van der Waals surface area (Å²) in [7, 11) is 0. The van der Waals surface area contributed by atoms with Crippen molar-refractivity contribution >= 4 is 17.1 Å². The van der Waals surface area contributed by atoms with Crippen LogP contribution in [0.25, 0.3) is 0 Å². The molecule has 0 spiro atoms. The summed E-state index contributed by atoms with van der Waals surface area (Å²) in [4.78, 5) is 19.5. The topological polar surface area (TPSA) is 33.2 Å². The fourth-order valence-corrected chi connectivity index (χ4v) is 2.98. The normalized spacial score (nSPS) is 24.7. The van der Waals surface area contributed by atoms with Crippen LogP contribution in [0.1, 0.15) is 36.2 Å². The first-order valence-corrected chi connectivity index (χ1v) is 6.58. The summed E-state index contributed by atoms with van der Waals surface area (Å²) in [6.45, 7) is 8.03. The van der Waals surface area contributed by atoms with Gasteiger partial charge in [-0.2, -0.15) is 0 Å². The van der Waals surface area contributed by atoms with Crippen LogP contribution in [0.3, 0.4) is 0 Å². The Kier molecular flexibility index (Phi) is 3.40. The highest BCUT2D eigenvalue weighted by Gasteiger charge is 2.28. The molecule has 16 heavy (non-hydrogen) atoms. The minimum atomic E-state index is 0.178. The van der Waals surface area contributed by atoms with Gasteiger partial charge in [0.15, 0.2) is 0 Å². The van der Waals surface area contributed by atoms with Gasteiger partial charge < -0.3 is 0 Å². The molecule has 0 aliphatic carbocycles. The number of piperidine rings is 1. The van der Waals surface area contributed by atoms with Crippen molar-refractivity contribution in [1.29, 1.82) is 0 Å². The third kappa shape index (κ3) is 2.33. The molecule has 1 aromatic heterocycles. The Morgan fingerprint density at radius 2 is 2.38 bits per heavy atom. The van der Waals surface area contributed by atoms with Crippen molar-refractivity contribution < 1.29 is 4.79 Å². The van der Waals surface area contributed by atoms with E-state index < -0.39 is 0 Å². The number of aryl methyl sites for hydroxylation is 1. The van der Waals surface area contributed by atoms with Crippen molar-refractivity contribution in [2.24, 2.45) is 5.92 Å². The maximum Gasteiger partial charge on any atom is 0.138 e. The van der Waals surface area contributed by atoms with Crippen LogP contribution in [0.2, 0.25) is 0 Å². The lowest BCUT2D eigenvalue weighted by atomic mass is 9.97. The Hall–Kier alpha value is -0.740. The van der Waals surface area contributed by atoms with Crippen LogP contribution < -0.4 is 0 Å². The van der Waals surface area contributed by atoms with E-state index in [4.69, 9.17) is 0 Å². The smallest absolute Gasteiger partial charge is 0.138 e. The Morgan fingerprint density at radius 1 is 1.62 bits per heavy atom. The molecule has 0 saturated carbocycles. The van der Waals surface area contributed by atoms with Gasteiger partial charge in [0.1, 0.15) is 10.8 Å². The van der Waals surface area contributed by atoms with Crippen LogP contribution in [0.4, 0.5) is 0 Å². The van der Waals surface area contributed by atoms with E-state index in [1.807, 2.05) is 13.1 Å². The number of rotatable bonds is 2. The van der Waals surface area contributed by atoms with Crippen LogP contribution >= 0.6 is 11.3 Å². The predicted molar refractivity (Wildman–Crippen MR) is 65.6 cm³/mol. The molecule has 1 fully saturated rings. The van der Waals surface area contributed by atoms with Gasteiger partial charge in [-0.05, 0) is 13.8 Å². The van der Waals surface area contributed by atoms with E-state index in [-0.39, 0.29) is 5.92 Å². The van der Waals surface area contributed by atoms with Gasteiger partial charge in [-0.1, -0.05) is 6.92 Å². The highest BCUT2D eigenvalue weighted by atomic mass is 32.1. The second kappa shape index (κ2) is 4.63. The molecule has 2 heterocycles. The Labute approximate surface area is 100 Å². The molecule has 0 amide bonds. The van der Waals surface area contributed by atoms with Gasteiger partial charge in [-0.15, -0.1) is 11.3 Å². The van der Waals surface area contributed by atoms with E-state index >= 15 is 0 Å². The van der Waals surface area contributed by atoms with Gasteiger partial charge >= 0.3 is 0 Å². The van der Waals surface area contributed by atoms with Crippen molar-refractivity contribution in [3.05, 3.63) is 16.1 Å². The highest BCUT2D eigenvalue weighted by molar-refractivity contribution is 7.11. The molecule has 0 N–H and O–H groups in total. The summed E-state index contributed by atoms with van der Waals surface area (Å²) in [5, 5.41) is 1.17. The molecule has 2 rings (SSSR count). The first-order valence-electron chi connectivity index (χ1n) is 5.77. The molecule has 2 unspecified atom stereocenters. The minimum Gasteiger partial charge on any atom is -0.299 e. The average molecular weight is 238 g/mol. The number of nitrogens with zero attached hydrogens (tertiary/aromatic N) is 2. The maximum atomic E-state index is 11.5. The van der Waals surface area contributed by atoms with E-state index in [0.717, 1.165) is 13.1 Å². The Morgan fingerprint density at radius 3 is 2.94 bits per heavy atom. The maximum absolute atomic E-state index is 11.5. The monoisotopic (exact) mass is 238 g/mol. The average Bonchev–Trinajstić information content (AvgIpc) is 2.68. The van der Waals surface area contributed by atoms with E-state index in [2.05, 4.69) is 23.7 Å². The summed E-state index contributed by atoms with van der Waals surface area (Å²) >= 11 is 1.75. The molecule has 1 aromatic rings. The second-order valence-electron chi connectivity index (χ2n) is 4.60. The first kappa shape index (κ1) is 11.7. The van der Waals surface area contributed by atoms with Gasteiger partial charge in [0, 0.05) is 36.5 Å². The minimum absolute atomic E-state index is 0.178. The number of hydrogen-bond acceptors (Lipinski definition) is 4. The largest absolute Gasteiger partial charge is 0.299 e. The zero-order valence-corrected chi connectivity index (χ0v) is 10.9.